The highest BCUT2D eigenvalue weighted by molar-refractivity contribution is 5.52. The highest BCUT2D eigenvalue weighted by Crippen LogP contribution is 2.54. The van der Waals surface area contributed by atoms with E-state index in [1.54, 1.807) is 0 Å². The topological polar surface area (TPSA) is 20.2 Å². The number of rotatable bonds is 0. The molecule has 2 rings (SSSR count). The number of aromatic hydroxyl groups is 1. The maximum atomic E-state index is 9.87. The first-order valence-corrected chi connectivity index (χ1v) is 6.03. The molecule has 0 fully saturated rings. The molecule has 1 unspecified atom stereocenters. The third kappa shape index (κ3) is 1.24. The van der Waals surface area contributed by atoms with Gasteiger partial charge in [0.05, 0.1) is 0 Å². The van der Waals surface area contributed by atoms with Crippen LogP contribution in [-0.2, 0) is 10.8 Å². The summed E-state index contributed by atoms with van der Waals surface area (Å²) in [7, 11) is 0. The van der Waals surface area contributed by atoms with E-state index < -0.39 is 0 Å². The van der Waals surface area contributed by atoms with Crippen molar-refractivity contribution in [3.63, 3.8) is 0 Å². The zero-order valence-corrected chi connectivity index (χ0v) is 11.2. The van der Waals surface area contributed by atoms with E-state index in [1.807, 2.05) is 13.0 Å². The van der Waals surface area contributed by atoms with E-state index in [1.165, 1.54) is 11.1 Å². The SMILES string of the molecule is Cc1cc2c(cc1O)C(C)(C)C(C)C2(C)C. The average molecular weight is 218 g/mol. The summed E-state index contributed by atoms with van der Waals surface area (Å²) < 4.78 is 0. The summed E-state index contributed by atoms with van der Waals surface area (Å²) >= 11 is 0. The van der Waals surface area contributed by atoms with E-state index in [0.29, 0.717) is 11.7 Å². The van der Waals surface area contributed by atoms with Crippen LogP contribution in [0.3, 0.4) is 0 Å². The number of phenols is 1. The molecular formula is C15H22O. The lowest BCUT2D eigenvalue weighted by molar-refractivity contribution is 0.264. The van der Waals surface area contributed by atoms with E-state index in [0.717, 1.165) is 5.56 Å². The minimum Gasteiger partial charge on any atom is -0.508 e. The number of phenolic OH excluding ortho intramolecular Hbond substituents is 1. The first-order chi connectivity index (χ1) is 7.19. The van der Waals surface area contributed by atoms with Gasteiger partial charge < -0.3 is 5.11 Å². The molecule has 1 atom stereocenters. The summed E-state index contributed by atoms with van der Waals surface area (Å²) in [5, 5.41) is 9.87. The summed E-state index contributed by atoms with van der Waals surface area (Å²) in [5.41, 5.74) is 4.03. The van der Waals surface area contributed by atoms with Gasteiger partial charge in [0.25, 0.3) is 0 Å². The predicted molar refractivity (Wildman–Crippen MR) is 68.1 cm³/mol. The number of fused-ring (bicyclic) bond motifs is 1. The minimum absolute atomic E-state index is 0.143. The summed E-state index contributed by atoms with van der Waals surface area (Å²) in [6.45, 7) is 13.5. The third-order valence-electron chi connectivity index (χ3n) is 4.89. The smallest absolute Gasteiger partial charge is 0.118 e. The zero-order valence-electron chi connectivity index (χ0n) is 11.2. The summed E-state index contributed by atoms with van der Waals surface area (Å²) in [6, 6.07) is 4.13. The van der Waals surface area contributed by atoms with Gasteiger partial charge in [0, 0.05) is 0 Å². The van der Waals surface area contributed by atoms with Crippen LogP contribution in [0.2, 0.25) is 0 Å². The Balaban J connectivity index is 2.75. The van der Waals surface area contributed by atoms with Gasteiger partial charge in [0.1, 0.15) is 5.75 Å². The standard InChI is InChI=1S/C15H22O/c1-9-7-11-12(8-13(9)16)15(5,6)10(2)14(11,3)4/h7-8,10,16H,1-6H3. The van der Waals surface area contributed by atoms with Crippen molar-refractivity contribution in [3.05, 3.63) is 28.8 Å². The van der Waals surface area contributed by atoms with Crippen LogP contribution in [0, 0.1) is 12.8 Å². The third-order valence-corrected chi connectivity index (χ3v) is 4.89. The molecule has 0 radical (unpaired) electrons. The molecule has 0 amide bonds. The molecule has 88 valence electrons. The van der Waals surface area contributed by atoms with Gasteiger partial charge in [-0.1, -0.05) is 40.7 Å². The van der Waals surface area contributed by atoms with E-state index in [2.05, 4.69) is 40.7 Å². The van der Waals surface area contributed by atoms with Crippen molar-refractivity contribution < 1.29 is 5.11 Å². The maximum absolute atomic E-state index is 9.87. The second-order valence-electron chi connectivity index (χ2n) is 6.35. The molecule has 1 N–H and O–H groups in total. The van der Waals surface area contributed by atoms with Crippen molar-refractivity contribution in [1.29, 1.82) is 0 Å². The van der Waals surface area contributed by atoms with Crippen LogP contribution in [0.1, 0.15) is 51.3 Å². The molecule has 0 aliphatic heterocycles. The van der Waals surface area contributed by atoms with Crippen molar-refractivity contribution in [1.82, 2.24) is 0 Å². The molecule has 1 aliphatic carbocycles. The lowest BCUT2D eigenvalue weighted by Crippen LogP contribution is -2.30. The Bertz CT molecular complexity index is 400. The Morgan fingerprint density at radius 2 is 1.44 bits per heavy atom. The van der Waals surface area contributed by atoms with Crippen molar-refractivity contribution in [3.8, 4) is 5.75 Å². The molecular weight excluding hydrogens is 196 g/mol. The first-order valence-electron chi connectivity index (χ1n) is 6.03. The maximum Gasteiger partial charge on any atom is 0.118 e. The largest absolute Gasteiger partial charge is 0.508 e. The molecule has 1 aromatic carbocycles. The Hall–Kier alpha value is -0.980. The van der Waals surface area contributed by atoms with Gasteiger partial charge in [0.15, 0.2) is 0 Å². The van der Waals surface area contributed by atoms with Crippen LogP contribution in [0.15, 0.2) is 12.1 Å². The molecule has 0 saturated carbocycles. The fraction of sp³-hybridized carbons (Fsp3) is 0.600. The van der Waals surface area contributed by atoms with Crippen molar-refractivity contribution in [2.24, 2.45) is 5.92 Å². The highest BCUT2D eigenvalue weighted by Gasteiger charge is 2.48. The Morgan fingerprint density at radius 1 is 1.00 bits per heavy atom. The molecule has 0 spiro atoms. The van der Waals surface area contributed by atoms with Gasteiger partial charge in [-0.3, -0.25) is 0 Å². The quantitative estimate of drug-likeness (QED) is 0.700. The van der Waals surface area contributed by atoms with E-state index in [9.17, 15) is 5.11 Å². The molecule has 0 bridgehead atoms. The number of aryl methyl sites for hydroxylation is 1. The van der Waals surface area contributed by atoms with E-state index in [-0.39, 0.29) is 10.8 Å². The molecule has 1 aromatic rings. The van der Waals surface area contributed by atoms with Crippen molar-refractivity contribution in [2.45, 2.75) is 52.4 Å². The Labute approximate surface area is 98.5 Å². The van der Waals surface area contributed by atoms with Gasteiger partial charge >= 0.3 is 0 Å². The summed E-state index contributed by atoms with van der Waals surface area (Å²) in [4.78, 5) is 0. The van der Waals surface area contributed by atoms with Crippen LogP contribution in [0.4, 0.5) is 0 Å². The molecule has 1 heteroatoms. The van der Waals surface area contributed by atoms with Crippen LogP contribution >= 0.6 is 0 Å². The van der Waals surface area contributed by atoms with E-state index >= 15 is 0 Å². The monoisotopic (exact) mass is 218 g/mol. The Kier molecular flexibility index (Phi) is 2.18. The van der Waals surface area contributed by atoms with Crippen LogP contribution in [0.25, 0.3) is 0 Å². The predicted octanol–water partition coefficient (Wildman–Crippen LogP) is 3.91. The normalized spacial score (nSPS) is 25.5. The van der Waals surface area contributed by atoms with Crippen LogP contribution in [0.5, 0.6) is 5.75 Å². The second kappa shape index (κ2) is 3.03. The summed E-state index contributed by atoms with van der Waals surface area (Å²) in [6.07, 6.45) is 0. The molecule has 1 nitrogen and oxygen atoms in total. The van der Waals surface area contributed by atoms with Crippen molar-refractivity contribution >= 4 is 0 Å². The zero-order chi connectivity index (χ0) is 12.3. The van der Waals surface area contributed by atoms with Crippen molar-refractivity contribution in [2.75, 3.05) is 0 Å². The molecule has 0 saturated heterocycles. The fourth-order valence-corrected chi connectivity index (χ4v) is 3.13. The van der Waals surface area contributed by atoms with Gasteiger partial charge in [-0.25, -0.2) is 0 Å². The van der Waals surface area contributed by atoms with Crippen LogP contribution < -0.4 is 0 Å². The van der Waals surface area contributed by atoms with Gasteiger partial charge in [-0.05, 0) is 46.4 Å². The van der Waals surface area contributed by atoms with Crippen LogP contribution in [-0.4, -0.2) is 5.11 Å². The number of hydrogen-bond acceptors (Lipinski definition) is 1. The lowest BCUT2D eigenvalue weighted by atomic mass is 9.71. The fourth-order valence-electron chi connectivity index (χ4n) is 3.13. The molecule has 1 aliphatic rings. The molecule has 0 heterocycles. The minimum atomic E-state index is 0.143. The second-order valence-corrected chi connectivity index (χ2v) is 6.35. The lowest BCUT2D eigenvalue weighted by Gasteiger charge is -2.32. The van der Waals surface area contributed by atoms with Gasteiger partial charge in [-0.15, -0.1) is 0 Å². The van der Waals surface area contributed by atoms with E-state index in [4.69, 9.17) is 0 Å². The molecule has 0 aromatic heterocycles. The Morgan fingerprint density at radius 3 is 1.94 bits per heavy atom. The average Bonchev–Trinajstić information content (AvgIpc) is 2.29. The van der Waals surface area contributed by atoms with Gasteiger partial charge in [-0.2, -0.15) is 0 Å². The number of hydrogen-bond donors (Lipinski definition) is 1. The van der Waals surface area contributed by atoms with Gasteiger partial charge in [0.2, 0.25) is 0 Å². The first kappa shape index (κ1) is 11.5. The molecule has 16 heavy (non-hydrogen) atoms. The highest BCUT2D eigenvalue weighted by atomic mass is 16.3. The number of benzene rings is 1. The summed E-state index contributed by atoms with van der Waals surface area (Å²) in [5.74, 6) is 1.01.